The number of aryl methyl sites for hydroxylation is 1. The van der Waals surface area contributed by atoms with Crippen LogP contribution in [0.5, 0.6) is 0 Å². The Morgan fingerprint density at radius 1 is 1.33 bits per heavy atom. The van der Waals surface area contributed by atoms with Crippen LogP contribution in [0.3, 0.4) is 0 Å². The maximum atomic E-state index is 11.9. The molecule has 1 atom stereocenters. The minimum atomic E-state index is -3.66. The molecule has 5 nitrogen and oxygen atoms in total. The largest absolute Gasteiger partial charge is 0.311 e. The topological polar surface area (TPSA) is 80.5 Å². The van der Waals surface area contributed by atoms with E-state index in [-0.39, 0.29) is 18.9 Å². The SMILES string of the molecule is Cc1cccc(N2CC(S(N)(=O)=O)CC2=O)c1C. The molecule has 1 fully saturated rings. The number of hydrogen-bond acceptors (Lipinski definition) is 3. The third-order valence-corrected chi connectivity index (χ3v) is 4.67. The van der Waals surface area contributed by atoms with Crippen LogP contribution < -0.4 is 10.0 Å². The molecule has 0 radical (unpaired) electrons. The summed E-state index contributed by atoms with van der Waals surface area (Å²) in [6.07, 6.45) is -0.0355. The molecule has 0 aromatic heterocycles. The first-order chi connectivity index (χ1) is 8.30. The van der Waals surface area contributed by atoms with Crippen LogP contribution in [0, 0.1) is 13.8 Å². The first-order valence-electron chi connectivity index (χ1n) is 5.69. The second kappa shape index (κ2) is 4.37. The van der Waals surface area contributed by atoms with Gasteiger partial charge in [-0.25, -0.2) is 13.6 Å². The molecule has 0 aliphatic carbocycles. The molecule has 1 aliphatic heterocycles. The number of sulfonamides is 1. The lowest BCUT2D eigenvalue weighted by atomic mass is 10.1. The molecule has 0 spiro atoms. The quantitative estimate of drug-likeness (QED) is 0.857. The molecule has 0 saturated carbocycles. The lowest BCUT2D eigenvalue weighted by Gasteiger charge is -2.19. The van der Waals surface area contributed by atoms with Gasteiger partial charge in [-0.1, -0.05) is 12.1 Å². The number of nitrogens with zero attached hydrogens (tertiary/aromatic N) is 1. The molecule has 2 rings (SSSR count). The van der Waals surface area contributed by atoms with E-state index < -0.39 is 15.3 Å². The Kier molecular flexibility index (Phi) is 3.16. The van der Waals surface area contributed by atoms with Crippen molar-refractivity contribution in [2.24, 2.45) is 5.14 Å². The van der Waals surface area contributed by atoms with E-state index in [0.29, 0.717) is 0 Å². The van der Waals surface area contributed by atoms with E-state index in [0.717, 1.165) is 16.8 Å². The summed E-state index contributed by atoms with van der Waals surface area (Å²) in [5, 5.41) is 4.30. The van der Waals surface area contributed by atoms with Crippen LogP contribution in [0.25, 0.3) is 0 Å². The van der Waals surface area contributed by atoms with Gasteiger partial charge in [-0.2, -0.15) is 0 Å². The predicted octanol–water partition coefficient (Wildman–Crippen LogP) is 0.697. The Hall–Kier alpha value is -1.40. The third-order valence-electron chi connectivity index (χ3n) is 3.42. The van der Waals surface area contributed by atoms with Crippen molar-refractivity contribution in [1.29, 1.82) is 0 Å². The maximum absolute atomic E-state index is 11.9. The van der Waals surface area contributed by atoms with Crippen LogP contribution in [0.4, 0.5) is 5.69 Å². The van der Waals surface area contributed by atoms with E-state index in [2.05, 4.69) is 0 Å². The van der Waals surface area contributed by atoms with Crippen LogP contribution in [0.1, 0.15) is 17.5 Å². The van der Waals surface area contributed by atoms with Crippen molar-refractivity contribution >= 4 is 21.6 Å². The average molecular weight is 268 g/mol. The van der Waals surface area contributed by atoms with E-state index >= 15 is 0 Å². The van der Waals surface area contributed by atoms with Crippen LogP contribution in [0.15, 0.2) is 18.2 Å². The van der Waals surface area contributed by atoms with Gasteiger partial charge in [0.1, 0.15) is 5.25 Å². The van der Waals surface area contributed by atoms with E-state index in [1.165, 1.54) is 4.90 Å². The smallest absolute Gasteiger partial charge is 0.228 e. The summed E-state index contributed by atoms with van der Waals surface area (Å²) in [7, 11) is -3.66. The Morgan fingerprint density at radius 3 is 2.56 bits per heavy atom. The maximum Gasteiger partial charge on any atom is 0.228 e. The molecule has 2 N–H and O–H groups in total. The number of anilines is 1. The van der Waals surface area contributed by atoms with E-state index in [9.17, 15) is 13.2 Å². The minimum Gasteiger partial charge on any atom is -0.311 e. The fourth-order valence-electron chi connectivity index (χ4n) is 2.16. The number of hydrogen-bond donors (Lipinski definition) is 1. The van der Waals surface area contributed by atoms with Crippen molar-refractivity contribution in [3.8, 4) is 0 Å². The zero-order valence-corrected chi connectivity index (χ0v) is 11.2. The molecule has 1 unspecified atom stereocenters. The summed E-state index contributed by atoms with van der Waals surface area (Å²) in [5.74, 6) is -0.192. The number of primary sulfonamides is 1. The van der Waals surface area contributed by atoms with Gasteiger partial charge in [-0.05, 0) is 31.0 Å². The molecule has 98 valence electrons. The summed E-state index contributed by atoms with van der Waals surface area (Å²) in [6.45, 7) is 4.01. The number of benzene rings is 1. The van der Waals surface area contributed by atoms with Gasteiger partial charge in [0.2, 0.25) is 15.9 Å². The third kappa shape index (κ3) is 2.26. The molecule has 1 aliphatic rings. The van der Waals surface area contributed by atoms with Crippen molar-refractivity contribution in [2.45, 2.75) is 25.5 Å². The highest BCUT2D eigenvalue weighted by Gasteiger charge is 2.37. The summed E-state index contributed by atoms with van der Waals surface area (Å²) in [4.78, 5) is 13.4. The van der Waals surface area contributed by atoms with Crippen LogP contribution in [-0.2, 0) is 14.8 Å². The van der Waals surface area contributed by atoms with Gasteiger partial charge >= 0.3 is 0 Å². The monoisotopic (exact) mass is 268 g/mol. The number of nitrogens with two attached hydrogens (primary N) is 1. The van der Waals surface area contributed by atoms with Gasteiger partial charge < -0.3 is 4.90 Å². The van der Waals surface area contributed by atoms with E-state index in [4.69, 9.17) is 5.14 Å². The summed E-state index contributed by atoms with van der Waals surface area (Å²) in [6, 6.07) is 5.64. The zero-order valence-electron chi connectivity index (χ0n) is 10.4. The molecule has 1 heterocycles. The van der Waals surface area contributed by atoms with E-state index in [1.54, 1.807) is 0 Å². The molecule has 1 aromatic carbocycles. The van der Waals surface area contributed by atoms with Gasteiger partial charge in [-0.3, -0.25) is 4.79 Å². The van der Waals surface area contributed by atoms with Crippen molar-refractivity contribution < 1.29 is 13.2 Å². The van der Waals surface area contributed by atoms with Gasteiger partial charge in [-0.15, -0.1) is 0 Å². The highest BCUT2D eigenvalue weighted by atomic mass is 32.2. The molecule has 6 heteroatoms. The van der Waals surface area contributed by atoms with Gasteiger partial charge in [0, 0.05) is 18.7 Å². The zero-order chi connectivity index (χ0) is 13.5. The average Bonchev–Trinajstić information content (AvgIpc) is 2.64. The highest BCUT2D eigenvalue weighted by molar-refractivity contribution is 7.89. The fourth-order valence-corrected chi connectivity index (χ4v) is 2.89. The summed E-state index contributed by atoms with van der Waals surface area (Å²) < 4.78 is 22.6. The van der Waals surface area contributed by atoms with Crippen molar-refractivity contribution in [3.63, 3.8) is 0 Å². The number of amides is 1. The summed E-state index contributed by atoms with van der Waals surface area (Å²) in [5.41, 5.74) is 2.83. The Labute approximate surface area is 107 Å². The number of carbonyl (C=O) groups is 1. The Bertz CT molecular complexity index is 595. The van der Waals surface area contributed by atoms with Crippen LogP contribution >= 0.6 is 0 Å². The van der Waals surface area contributed by atoms with Crippen molar-refractivity contribution in [2.75, 3.05) is 11.4 Å². The number of rotatable bonds is 2. The molecule has 18 heavy (non-hydrogen) atoms. The first-order valence-corrected chi connectivity index (χ1v) is 7.30. The number of carbonyl (C=O) groups excluding carboxylic acids is 1. The molecule has 1 amide bonds. The molecule has 1 aromatic rings. The second-order valence-corrected chi connectivity index (χ2v) is 6.48. The van der Waals surface area contributed by atoms with Gasteiger partial charge in [0.25, 0.3) is 0 Å². The van der Waals surface area contributed by atoms with E-state index in [1.807, 2.05) is 32.0 Å². The van der Waals surface area contributed by atoms with Crippen LogP contribution in [0.2, 0.25) is 0 Å². The van der Waals surface area contributed by atoms with Crippen molar-refractivity contribution in [3.05, 3.63) is 29.3 Å². The Morgan fingerprint density at radius 2 is 2.00 bits per heavy atom. The lowest BCUT2D eigenvalue weighted by molar-refractivity contribution is -0.117. The second-order valence-electron chi connectivity index (χ2n) is 4.64. The molecular weight excluding hydrogens is 252 g/mol. The van der Waals surface area contributed by atoms with Gasteiger partial charge in [0.05, 0.1) is 0 Å². The standard InChI is InChI=1S/C12H16N2O3S/c1-8-4-3-5-11(9(8)2)14-7-10(6-12(14)15)18(13,16)17/h3-5,10H,6-7H2,1-2H3,(H2,13,16,17). The Balaban J connectivity index is 2.36. The fraction of sp³-hybridized carbons (Fsp3) is 0.417. The molecule has 0 bridgehead atoms. The predicted molar refractivity (Wildman–Crippen MR) is 69.8 cm³/mol. The molecular formula is C12H16N2O3S. The van der Waals surface area contributed by atoms with Gasteiger partial charge in [0.15, 0.2) is 0 Å². The highest BCUT2D eigenvalue weighted by Crippen LogP contribution is 2.28. The lowest BCUT2D eigenvalue weighted by Crippen LogP contribution is -2.32. The van der Waals surface area contributed by atoms with Crippen LogP contribution in [-0.4, -0.2) is 26.1 Å². The minimum absolute atomic E-state index is 0.0355. The first kappa shape index (κ1) is 13.0. The normalized spacial score (nSPS) is 20.5. The van der Waals surface area contributed by atoms with Crippen molar-refractivity contribution in [1.82, 2.24) is 0 Å². The summed E-state index contributed by atoms with van der Waals surface area (Å²) >= 11 is 0. The molecule has 1 saturated heterocycles.